The minimum absolute atomic E-state index is 0.205. The molecule has 15 N–H and O–H groups in total. The maximum absolute atomic E-state index is 11.6. The fourth-order valence-electron chi connectivity index (χ4n) is 9.28. The minimum Gasteiger partial charge on any atom is -0.479 e. The van der Waals surface area contributed by atoms with Gasteiger partial charge in [0.15, 0.2) is 37.6 Å². The van der Waals surface area contributed by atoms with Crippen LogP contribution in [-0.2, 0) is 61.6 Å². The van der Waals surface area contributed by atoms with E-state index in [0.29, 0.717) is 0 Å². The highest BCUT2D eigenvalue weighted by atomic mass is 16.8. The molecule has 0 amide bonds. The Bertz CT molecular complexity index is 1570. The van der Waals surface area contributed by atoms with Crippen LogP contribution in [0.1, 0.15) is 34.1 Å². The standard InChI is InChI=1S/C21H38O13.C20H34O15/c1-7-5-9(12(24)15(27)17(7)29-3)32-18-13(25)10(6-22)33-20(16(18)28)34-19-14(26)11(23)8(2)31-21(19)30-4;1-5-8(22)12(26)19(33-14(5)17(28)29)34-15-10(24)7(4-21)32-20(30-3)16(15)35-18-13(27)11(25)9(23)6(2)31-18/h7-28H,5-6H2,1-4H3;5-16,18-27H,4H2,1-3H3,(H,28,29)/t7?,8?,9-,10?,11?,12?,13-,14-,15+,16?,17?,18-,19?,20?,21-;5-,6?,7?,8-,9?,10-,11-,12?,13?,14?,15-,16?,18+,19?,20?/m00/s1. The van der Waals surface area contributed by atoms with Crippen molar-refractivity contribution in [3.8, 4) is 0 Å². The Morgan fingerprint density at radius 2 is 0.884 bits per heavy atom. The number of rotatable bonds is 14. The molecular formula is C41H72O28. The monoisotopic (exact) mass is 1010 g/mol. The molecule has 1 saturated carbocycles. The molecule has 1 aliphatic carbocycles. The van der Waals surface area contributed by atoms with Gasteiger partial charge in [-0.25, -0.2) is 4.79 Å². The molecule has 6 aliphatic rings. The van der Waals surface area contributed by atoms with Crippen molar-refractivity contribution in [3.63, 3.8) is 0 Å². The van der Waals surface area contributed by atoms with E-state index in [4.69, 9.17) is 56.8 Å². The summed E-state index contributed by atoms with van der Waals surface area (Å²) < 4.78 is 65.9. The highest BCUT2D eigenvalue weighted by Gasteiger charge is 2.56. The summed E-state index contributed by atoms with van der Waals surface area (Å²) in [5, 5.41) is 154. The molecule has 0 spiro atoms. The number of ether oxygens (including phenoxy) is 12. The van der Waals surface area contributed by atoms with E-state index in [1.165, 1.54) is 35.2 Å². The van der Waals surface area contributed by atoms with Gasteiger partial charge in [-0.3, -0.25) is 0 Å². The molecular weight excluding hydrogens is 940 g/mol. The third kappa shape index (κ3) is 12.5. The second-order valence-electron chi connectivity index (χ2n) is 18.2. The number of carbonyl (C=O) groups is 1. The largest absolute Gasteiger partial charge is 0.479 e. The Morgan fingerprint density at radius 3 is 1.43 bits per heavy atom. The summed E-state index contributed by atoms with van der Waals surface area (Å²) in [5.74, 6) is -2.62. The number of carboxylic acid groups (broad SMARTS) is 1. The lowest BCUT2D eigenvalue weighted by Crippen LogP contribution is -2.66. The summed E-state index contributed by atoms with van der Waals surface area (Å²) in [4.78, 5) is 11.6. The number of hydrogen-bond donors (Lipinski definition) is 15. The first-order chi connectivity index (χ1) is 32.5. The molecule has 5 heterocycles. The second kappa shape index (κ2) is 25.1. The summed E-state index contributed by atoms with van der Waals surface area (Å²) in [6, 6.07) is 0. The number of carboxylic acids is 1. The lowest BCUT2D eigenvalue weighted by molar-refractivity contribution is -0.385. The van der Waals surface area contributed by atoms with Crippen LogP contribution in [0.5, 0.6) is 0 Å². The van der Waals surface area contributed by atoms with Crippen LogP contribution in [0, 0.1) is 11.8 Å². The predicted molar refractivity (Wildman–Crippen MR) is 220 cm³/mol. The summed E-state index contributed by atoms with van der Waals surface area (Å²) >= 11 is 0. The maximum Gasteiger partial charge on any atom is 0.333 e. The first kappa shape index (κ1) is 58.3. The second-order valence-corrected chi connectivity index (χ2v) is 18.2. The van der Waals surface area contributed by atoms with Gasteiger partial charge in [0.2, 0.25) is 0 Å². The van der Waals surface area contributed by atoms with Gasteiger partial charge in [0.05, 0.1) is 43.7 Å². The summed E-state index contributed by atoms with van der Waals surface area (Å²) in [6.45, 7) is 4.80. The van der Waals surface area contributed by atoms with Gasteiger partial charge in [-0.2, -0.15) is 0 Å². The fraction of sp³-hybridized carbons (Fsp3) is 0.976. The Balaban J connectivity index is 0.000000258. The van der Waals surface area contributed by atoms with Crippen LogP contribution in [0.2, 0.25) is 0 Å². The van der Waals surface area contributed by atoms with Crippen molar-refractivity contribution in [2.24, 2.45) is 11.8 Å². The van der Waals surface area contributed by atoms with Crippen molar-refractivity contribution in [1.29, 1.82) is 0 Å². The summed E-state index contributed by atoms with van der Waals surface area (Å²) in [5.41, 5.74) is 0. The van der Waals surface area contributed by atoms with E-state index in [1.807, 2.05) is 0 Å². The molecule has 18 unspecified atom stereocenters. The highest BCUT2D eigenvalue weighted by Crippen LogP contribution is 2.37. The van der Waals surface area contributed by atoms with E-state index in [-0.39, 0.29) is 12.3 Å². The zero-order chi connectivity index (χ0) is 51.5. The van der Waals surface area contributed by atoms with Crippen molar-refractivity contribution in [2.45, 2.75) is 206 Å². The number of hydrogen-bond acceptors (Lipinski definition) is 27. The van der Waals surface area contributed by atoms with Gasteiger partial charge >= 0.3 is 5.97 Å². The van der Waals surface area contributed by atoms with E-state index in [1.54, 1.807) is 13.8 Å². The van der Waals surface area contributed by atoms with Crippen LogP contribution >= 0.6 is 0 Å². The van der Waals surface area contributed by atoms with Crippen LogP contribution in [-0.4, -0.2) is 289 Å². The quantitative estimate of drug-likeness (QED) is 0.0768. The minimum atomic E-state index is -1.76. The van der Waals surface area contributed by atoms with Crippen molar-refractivity contribution < 1.29 is 138 Å². The molecule has 69 heavy (non-hydrogen) atoms. The summed E-state index contributed by atoms with van der Waals surface area (Å²) in [6.07, 6.45) is -38.3. The third-order valence-electron chi connectivity index (χ3n) is 13.6. The van der Waals surface area contributed by atoms with E-state index < -0.39 is 197 Å². The Morgan fingerprint density at radius 1 is 0.435 bits per heavy atom. The Kier molecular flexibility index (Phi) is 21.2. The molecule has 6 fully saturated rings. The van der Waals surface area contributed by atoms with E-state index in [2.05, 4.69) is 0 Å². The van der Waals surface area contributed by atoms with Gasteiger partial charge in [0.25, 0.3) is 0 Å². The van der Waals surface area contributed by atoms with E-state index in [0.717, 1.165) is 0 Å². The average Bonchev–Trinajstić information content (AvgIpc) is 3.32. The molecule has 5 saturated heterocycles. The van der Waals surface area contributed by atoms with Crippen LogP contribution in [0.4, 0.5) is 0 Å². The molecule has 5 aliphatic heterocycles. The average molecular weight is 1010 g/mol. The normalized spacial score (nSPS) is 51.8. The number of aliphatic hydroxyl groups is 14. The fourth-order valence-corrected chi connectivity index (χ4v) is 9.28. The zero-order valence-electron chi connectivity index (χ0n) is 39.0. The molecule has 0 bridgehead atoms. The number of methoxy groups -OCH3 is 3. The topological polar surface area (TPSA) is 431 Å². The first-order valence-electron chi connectivity index (χ1n) is 22.6. The van der Waals surface area contributed by atoms with Crippen LogP contribution in [0.3, 0.4) is 0 Å². The third-order valence-corrected chi connectivity index (χ3v) is 13.6. The lowest BCUT2D eigenvalue weighted by atomic mass is 9.81. The number of aliphatic carboxylic acids is 1. The Labute approximate surface area is 396 Å². The maximum atomic E-state index is 11.6. The molecule has 6 rings (SSSR count). The van der Waals surface area contributed by atoms with Gasteiger partial charge in [-0.05, 0) is 26.2 Å². The van der Waals surface area contributed by atoms with Gasteiger partial charge in [0, 0.05) is 27.2 Å². The molecule has 404 valence electrons. The number of aliphatic hydroxyl groups excluding tert-OH is 14. The zero-order valence-corrected chi connectivity index (χ0v) is 39.0. The smallest absolute Gasteiger partial charge is 0.333 e. The van der Waals surface area contributed by atoms with E-state index in [9.17, 15) is 81.4 Å². The molecule has 0 aromatic rings. The summed E-state index contributed by atoms with van der Waals surface area (Å²) in [7, 11) is 3.95. The van der Waals surface area contributed by atoms with Crippen molar-refractivity contribution in [1.82, 2.24) is 0 Å². The molecule has 0 aromatic carbocycles. The highest BCUT2D eigenvalue weighted by molar-refractivity contribution is 5.73. The van der Waals surface area contributed by atoms with Gasteiger partial charge in [-0.15, -0.1) is 0 Å². The van der Waals surface area contributed by atoms with Crippen molar-refractivity contribution >= 4 is 5.97 Å². The van der Waals surface area contributed by atoms with E-state index >= 15 is 0 Å². The molecule has 0 radical (unpaired) electrons. The Hall–Kier alpha value is -1.57. The molecule has 0 aromatic heterocycles. The van der Waals surface area contributed by atoms with Gasteiger partial charge < -0.3 is 133 Å². The van der Waals surface area contributed by atoms with Crippen molar-refractivity contribution in [3.05, 3.63) is 0 Å². The van der Waals surface area contributed by atoms with Crippen LogP contribution in [0.15, 0.2) is 0 Å². The predicted octanol–water partition coefficient (Wildman–Crippen LogP) is -8.07. The molecule has 28 nitrogen and oxygen atoms in total. The molecule has 30 atom stereocenters. The molecule has 28 heteroatoms. The van der Waals surface area contributed by atoms with Gasteiger partial charge in [-0.1, -0.05) is 13.8 Å². The van der Waals surface area contributed by atoms with Crippen molar-refractivity contribution in [2.75, 3.05) is 34.5 Å². The lowest BCUT2D eigenvalue weighted by Gasteiger charge is -2.48. The van der Waals surface area contributed by atoms with Crippen LogP contribution < -0.4 is 0 Å². The first-order valence-corrected chi connectivity index (χ1v) is 22.6. The van der Waals surface area contributed by atoms with Crippen LogP contribution in [0.25, 0.3) is 0 Å². The SMILES string of the molecule is COC1C(C)C[C@H](O[C@@H]2C(O)C(OC3[C@@H](OC)OC(C)C(O)[C@@H]3O)OC(CO)[C@@H]2O)C(O)[C@H]1O.COC1OC(CO)[C@H](O)[C@H](OC2OC(C(=O)O)[C@@H](C)[C@H](O)C2O)C1O[C@H]1OC(C)C(O)[C@H](O)C1O. The van der Waals surface area contributed by atoms with Gasteiger partial charge in [0.1, 0.15) is 104 Å².